The molecule has 0 aromatic heterocycles. The van der Waals surface area contributed by atoms with Gasteiger partial charge in [-0.3, -0.25) is 4.90 Å². The summed E-state index contributed by atoms with van der Waals surface area (Å²) in [6.45, 7) is 3.08. The van der Waals surface area contributed by atoms with Crippen LogP contribution in [0.2, 0.25) is 0 Å². The van der Waals surface area contributed by atoms with Crippen LogP contribution in [-0.2, 0) is 12.8 Å². The van der Waals surface area contributed by atoms with Gasteiger partial charge >= 0.3 is 0 Å². The number of nitrogens with zero attached hydrogens (tertiary/aromatic N) is 2. The summed E-state index contributed by atoms with van der Waals surface area (Å²) < 4.78 is 23.1. The molecule has 194 valence electrons. The van der Waals surface area contributed by atoms with Gasteiger partial charge in [-0.1, -0.05) is 12.2 Å². The molecule has 6 nitrogen and oxygen atoms in total. The molecule has 0 spiro atoms. The fourth-order valence-electron chi connectivity index (χ4n) is 6.45. The number of hydrogen-bond acceptors (Lipinski definition) is 6. The van der Waals surface area contributed by atoms with Crippen molar-refractivity contribution in [2.24, 2.45) is 5.92 Å². The number of thiocarbonyl (C=S) groups is 1. The van der Waals surface area contributed by atoms with Crippen molar-refractivity contribution in [2.45, 2.75) is 44.2 Å². The molecule has 5 rings (SSSR count). The first-order valence-electron chi connectivity index (χ1n) is 12.7. The molecule has 2 aromatic rings. The fourth-order valence-corrected chi connectivity index (χ4v) is 6.90. The van der Waals surface area contributed by atoms with Crippen LogP contribution in [0.1, 0.15) is 53.6 Å². The van der Waals surface area contributed by atoms with Crippen LogP contribution < -0.4 is 18.9 Å². The molecule has 0 saturated carbocycles. The minimum atomic E-state index is 0.184. The molecule has 0 N–H and O–H groups in total. The summed E-state index contributed by atoms with van der Waals surface area (Å²) in [5, 5.41) is 0. The zero-order chi connectivity index (χ0) is 25.4. The molecule has 0 unspecified atom stereocenters. The Bertz CT molecular complexity index is 1140. The van der Waals surface area contributed by atoms with Crippen molar-refractivity contribution in [2.75, 3.05) is 48.1 Å². The zero-order valence-electron chi connectivity index (χ0n) is 21.6. The second-order valence-corrected chi connectivity index (χ2v) is 11.1. The number of fused-ring (bicyclic) bond motifs is 4. The summed E-state index contributed by atoms with van der Waals surface area (Å²) in [5.74, 6) is 3.76. The van der Waals surface area contributed by atoms with E-state index in [1.54, 1.807) is 28.4 Å². The molecule has 36 heavy (non-hydrogen) atoms. The van der Waals surface area contributed by atoms with Crippen LogP contribution in [0.3, 0.4) is 0 Å². The number of piperidine rings is 1. The first kappa shape index (κ1) is 25.5. The van der Waals surface area contributed by atoms with Crippen LogP contribution in [0.15, 0.2) is 24.3 Å². The Morgan fingerprint density at radius 1 is 0.833 bits per heavy atom. The molecule has 1 saturated heterocycles. The normalized spacial score (nSPS) is 23.2. The van der Waals surface area contributed by atoms with Crippen molar-refractivity contribution in [3.05, 3.63) is 46.5 Å². The highest BCUT2D eigenvalue weighted by molar-refractivity contribution is 8.10. The SMILES string of the molecule is COc1cc2c(cc1OC)[C@@H](C[C@@H]1CCN3CCc4cc(OC)c(OC)cc4[C@@H]3C1)N(C(=S)S)CC2. The zero-order valence-corrected chi connectivity index (χ0v) is 23.3. The summed E-state index contributed by atoms with van der Waals surface area (Å²) in [5.41, 5.74) is 5.37. The smallest absolute Gasteiger partial charge is 0.161 e. The van der Waals surface area contributed by atoms with Gasteiger partial charge in [0, 0.05) is 19.1 Å². The van der Waals surface area contributed by atoms with Crippen LogP contribution in [0, 0.1) is 5.92 Å². The molecule has 3 atom stereocenters. The van der Waals surface area contributed by atoms with Crippen molar-refractivity contribution in [3.63, 3.8) is 0 Å². The van der Waals surface area contributed by atoms with Gasteiger partial charge < -0.3 is 23.8 Å². The van der Waals surface area contributed by atoms with E-state index in [1.165, 1.54) is 28.7 Å². The monoisotopic (exact) mass is 528 g/mol. The molecule has 0 bridgehead atoms. The van der Waals surface area contributed by atoms with Crippen LogP contribution in [0.5, 0.6) is 23.0 Å². The summed E-state index contributed by atoms with van der Waals surface area (Å²) in [4.78, 5) is 4.94. The Kier molecular flexibility index (Phi) is 7.56. The first-order chi connectivity index (χ1) is 17.5. The van der Waals surface area contributed by atoms with E-state index in [0.29, 0.717) is 16.3 Å². The molecule has 1 fully saturated rings. The van der Waals surface area contributed by atoms with Gasteiger partial charge in [-0.2, -0.15) is 0 Å². The quantitative estimate of drug-likeness (QED) is 0.407. The molecule has 0 aliphatic carbocycles. The number of methoxy groups -OCH3 is 4. The molecule has 0 amide bonds. The highest BCUT2D eigenvalue weighted by atomic mass is 32.1. The lowest BCUT2D eigenvalue weighted by Gasteiger charge is -2.46. The van der Waals surface area contributed by atoms with E-state index >= 15 is 0 Å². The molecule has 0 radical (unpaired) electrons. The summed E-state index contributed by atoms with van der Waals surface area (Å²) in [7, 11) is 6.82. The highest BCUT2D eigenvalue weighted by Gasteiger charge is 2.38. The van der Waals surface area contributed by atoms with Gasteiger partial charge in [0.25, 0.3) is 0 Å². The number of benzene rings is 2. The largest absolute Gasteiger partial charge is 0.493 e. The maximum Gasteiger partial charge on any atom is 0.161 e. The number of thiol groups is 1. The molecular weight excluding hydrogens is 492 g/mol. The maximum atomic E-state index is 5.66. The van der Waals surface area contributed by atoms with Crippen molar-refractivity contribution in [3.8, 4) is 23.0 Å². The molecule has 3 aliphatic rings. The Labute approximate surface area is 225 Å². The predicted octanol–water partition coefficient (Wildman–Crippen LogP) is 5.23. The number of ether oxygens (including phenoxy) is 4. The van der Waals surface area contributed by atoms with Crippen LogP contribution >= 0.6 is 24.8 Å². The lowest BCUT2D eigenvalue weighted by Crippen LogP contribution is -2.43. The molecule has 8 heteroatoms. The molecule has 3 aliphatic heterocycles. The van der Waals surface area contributed by atoms with Crippen molar-refractivity contribution in [1.82, 2.24) is 9.80 Å². The van der Waals surface area contributed by atoms with Gasteiger partial charge in [-0.05, 0) is 91.1 Å². The van der Waals surface area contributed by atoms with E-state index in [2.05, 4.69) is 46.7 Å². The fraction of sp³-hybridized carbons (Fsp3) is 0.536. The summed E-state index contributed by atoms with van der Waals surface area (Å²) in [6.07, 6.45) is 5.31. The number of hydrogen-bond donors (Lipinski definition) is 1. The van der Waals surface area contributed by atoms with Crippen LogP contribution in [0.4, 0.5) is 0 Å². The van der Waals surface area contributed by atoms with E-state index in [0.717, 1.165) is 68.3 Å². The Morgan fingerprint density at radius 3 is 2.00 bits per heavy atom. The lowest BCUT2D eigenvalue weighted by molar-refractivity contribution is 0.0877. The number of rotatable bonds is 6. The summed E-state index contributed by atoms with van der Waals surface area (Å²) >= 11 is 10.2. The van der Waals surface area contributed by atoms with Gasteiger partial charge in [0.05, 0.1) is 34.5 Å². The summed E-state index contributed by atoms with van der Waals surface area (Å²) in [6, 6.07) is 9.25. The van der Waals surface area contributed by atoms with Gasteiger partial charge in [0.15, 0.2) is 23.0 Å². The standard InChI is InChI=1S/C28H36N2O4S2/c1-31-24-13-18-6-9-29-8-5-17(11-22(29)20(18)15-26(24)33-3)12-23-21-16-27(34-4)25(32-2)14-19(21)7-10-30(23)28(35)36/h13-17,22-23H,5-12H2,1-4H3,(H,35,36)/t17-,22+,23-/m1/s1. The minimum Gasteiger partial charge on any atom is -0.493 e. The van der Waals surface area contributed by atoms with Crippen molar-refractivity contribution in [1.29, 1.82) is 0 Å². The third-order valence-electron chi connectivity index (χ3n) is 8.30. The van der Waals surface area contributed by atoms with E-state index in [1.807, 2.05) is 0 Å². The first-order valence-corrected chi connectivity index (χ1v) is 13.6. The highest BCUT2D eigenvalue weighted by Crippen LogP contribution is 2.47. The van der Waals surface area contributed by atoms with E-state index in [9.17, 15) is 0 Å². The Hall–Kier alpha value is -2.16. The topological polar surface area (TPSA) is 43.4 Å². The second kappa shape index (κ2) is 10.7. The third-order valence-corrected chi connectivity index (χ3v) is 8.79. The maximum absolute atomic E-state index is 5.66. The molecular formula is C28H36N2O4S2. The average molecular weight is 529 g/mol. The van der Waals surface area contributed by atoms with Crippen molar-refractivity contribution >= 4 is 29.2 Å². The molecule has 2 aromatic carbocycles. The third kappa shape index (κ3) is 4.63. The molecule has 3 heterocycles. The average Bonchev–Trinajstić information content (AvgIpc) is 2.91. The van der Waals surface area contributed by atoms with E-state index < -0.39 is 0 Å². The predicted molar refractivity (Wildman–Crippen MR) is 149 cm³/mol. The Balaban J connectivity index is 1.44. The van der Waals surface area contributed by atoms with Gasteiger partial charge in [-0.15, -0.1) is 12.6 Å². The van der Waals surface area contributed by atoms with Crippen LogP contribution in [0.25, 0.3) is 0 Å². The van der Waals surface area contributed by atoms with E-state index in [4.69, 9.17) is 31.2 Å². The van der Waals surface area contributed by atoms with Gasteiger partial charge in [-0.25, -0.2) is 0 Å². The van der Waals surface area contributed by atoms with Crippen LogP contribution in [-0.4, -0.2) is 62.2 Å². The van der Waals surface area contributed by atoms with E-state index in [-0.39, 0.29) is 6.04 Å². The van der Waals surface area contributed by atoms with Crippen molar-refractivity contribution < 1.29 is 18.9 Å². The Morgan fingerprint density at radius 2 is 1.39 bits per heavy atom. The second-order valence-electron chi connectivity index (χ2n) is 9.98. The lowest BCUT2D eigenvalue weighted by atomic mass is 9.77. The minimum absolute atomic E-state index is 0.184. The van der Waals surface area contributed by atoms with Gasteiger partial charge in [0.1, 0.15) is 4.32 Å². The van der Waals surface area contributed by atoms with Gasteiger partial charge in [0.2, 0.25) is 0 Å².